The highest BCUT2D eigenvalue weighted by Crippen LogP contribution is 2.32. The number of hydrogen-bond donors (Lipinski definition) is 2. The van der Waals surface area contributed by atoms with Crippen molar-refractivity contribution >= 4 is 6.09 Å². The smallest absolute Gasteiger partial charge is 0.407 e. The molecule has 0 aliphatic carbocycles. The first-order valence-electron chi connectivity index (χ1n) is 3.96. The molecule has 0 aromatic heterocycles. The van der Waals surface area contributed by atoms with Gasteiger partial charge in [-0.05, 0) is 12.8 Å². The van der Waals surface area contributed by atoms with E-state index in [4.69, 9.17) is 5.11 Å². The number of carbonyl (C=O) groups is 1. The number of likely N-dealkylation sites (tertiary alicyclic amines) is 1. The number of hydrogen-bond acceptors (Lipinski definition) is 2. The number of rotatable bonds is 0. The van der Waals surface area contributed by atoms with Crippen molar-refractivity contribution in [2.24, 2.45) is 0 Å². The van der Waals surface area contributed by atoms with Gasteiger partial charge in [0.2, 0.25) is 0 Å². The van der Waals surface area contributed by atoms with Crippen molar-refractivity contribution in [3.05, 3.63) is 0 Å². The molecule has 11 heavy (non-hydrogen) atoms. The molecule has 4 nitrogen and oxygen atoms in total. The van der Waals surface area contributed by atoms with Gasteiger partial charge in [-0.25, -0.2) is 4.79 Å². The summed E-state index contributed by atoms with van der Waals surface area (Å²) >= 11 is 0. The Hall–Kier alpha value is -0.770. The average molecular weight is 156 g/mol. The molecular weight excluding hydrogens is 144 g/mol. The molecule has 0 unspecified atom stereocenters. The lowest BCUT2D eigenvalue weighted by Crippen LogP contribution is -2.67. The van der Waals surface area contributed by atoms with Crippen LogP contribution in [-0.2, 0) is 0 Å². The molecule has 0 radical (unpaired) electrons. The highest BCUT2D eigenvalue weighted by molar-refractivity contribution is 5.67. The van der Waals surface area contributed by atoms with Crippen molar-refractivity contribution in [3.8, 4) is 0 Å². The lowest BCUT2D eigenvalue weighted by Gasteiger charge is -2.44. The molecule has 1 amide bonds. The Morgan fingerprint density at radius 3 is 2.64 bits per heavy atom. The van der Waals surface area contributed by atoms with Crippen LogP contribution in [-0.4, -0.2) is 41.3 Å². The van der Waals surface area contributed by atoms with E-state index in [1.807, 2.05) is 0 Å². The minimum absolute atomic E-state index is 0.0220. The molecule has 2 saturated heterocycles. The van der Waals surface area contributed by atoms with Crippen LogP contribution in [0.3, 0.4) is 0 Å². The third kappa shape index (κ3) is 0.822. The molecule has 2 fully saturated rings. The third-order valence-corrected chi connectivity index (χ3v) is 2.74. The van der Waals surface area contributed by atoms with Gasteiger partial charge in [0.15, 0.2) is 0 Å². The second-order valence-electron chi connectivity index (χ2n) is 3.37. The van der Waals surface area contributed by atoms with Gasteiger partial charge in [-0.3, -0.25) is 0 Å². The predicted molar refractivity (Wildman–Crippen MR) is 39.6 cm³/mol. The monoisotopic (exact) mass is 156 g/mol. The predicted octanol–water partition coefficient (Wildman–Crippen LogP) is 0.102. The topological polar surface area (TPSA) is 52.6 Å². The van der Waals surface area contributed by atoms with Gasteiger partial charge < -0.3 is 15.3 Å². The van der Waals surface area contributed by atoms with E-state index in [0.29, 0.717) is 0 Å². The summed E-state index contributed by atoms with van der Waals surface area (Å²) in [5.41, 5.74) is -0.0220. The summed E-state index contributed by atoms with van der Waals surface area (Å²) < 4.78 is 0. The van der Waals surface area contributed by atoms with Gasteiger partial charge in [-0.1, -0.05) is 0 Å². The Morgan fingerprint density at radius 1 is 1.55 bits per heavy atom. The fraction of sp³-hybridized carbons (Fsp3) is 0.857. The van der Waals surface area contributed by atoms with Gasteiger partial charge in [0, 0.05) is 19.6 Å². The highest BCUT2D eigenvalue weighted by atomic mass is 16.4. The van der Waals surface area contributed by atoms with E-state index < -0.39 is 6.09 Å². The van der Waals surface area contributed by atoms with E-state index in [9.17, 15) is 4.79 Å². The number of nitrogens with one attached hydrogen (secondary N) is 1. The van der Waals surface area contributed by atoms with Crippen molar-refractivity contribution in [1.82, 2.24) is 10.2 Å². The third-order valence-electron chi connectivity index (χ3n) is 2.74. The van der Waals surface area contributed by atoms with Crippen molar-refractivity contribution in [1.29, 1.82) is 0 Å². The quantitative estimate of drug-likeness (QED) is 0.523. The van der Waals surface area contributed by atoms with Gasteiger partial charge in [-0.15, -0.1) is 0 Å². The van der Waals surface area contributed by atoms with Crippen LogP contribution < -0.4 is 5.32 Å². The van der Waals surface area contributed by atoms with Crippen LogP contribution in [0.4, 0.5) is 4.79 Å². The molecule has 1 spiro atoms. The maximum absolute atomic E-state index is 10.7. The molecule has 2 aliphatic rings. The molecule has 2 aliphatic heterocycles. The minimum Gasteiger partial charge on any atom is -0.465 e. The largest absolute Gasteiger partial charge is 0.465 e. The molecule has 2 rings (SSSR count). The molecule has 4 heteroatoms. The van der Waals surface area contributed by atoms with E-state index in [1.165, 1.54) is 0 Å². The van der Waals surface area contributed by atoms with Crippen LogP contribution in [0.2, 0.25) is 0 Å². The minimum atomic E-state index is -0.760. The van der Waals surface area contributed by atoms with Crippen LogP contribution >= 0.6 is 0 Å². The normalized spacial score (nSPS) is 27.1. The molecule has 0 bridgehead atoms. The van der Waals surface area contributed by atoms with Crippen LogP contribution in [0.15, 0.2) is 0 Å². The van der Waals surface area contributed by atoms with Gasteiger partial charge in [-0.2, -0.15) is 0 Å². The van der Waals surface area contributed by atoms with Crippen molar-refractivity contribution in [2.45, 2.75) is 18.4 Å². The maximum Gasteiger partial charge on any atom is 0.407 e. The first-order chi connectivity index (χ1) is 5.25. The summed E-state index contributed by atoms with van der Waals surface area (Å²) in [6, 6.07) is 0. The lowest BCUT2D eigenvalue weighted by atomic mass is 9.90. The summed E-state index contributed by atoms with van der Waals surface area (Å²) in [4.78, 5) is 12.3. The second kappa shape index (κ2) is 2.11. The summed E-state index contributed by atoms with van der Waals surface area (Å²) in [6.45, 7) is 2.41. The summed E-state index contributed by atoms with van der Waals surface area (Å²) in [6.07, 6.45) is 1.30. The van der Waals surface area contributed by atoms with Crippen molar-refractivity contribution < 1.29 is 9.90 Å². The van der Waals surface area contributed by atoms with Gasteiger partial charge in [0.1, 0.15) is 0 Å². The van der Waals surface area contributed by atoms with Gasteiger partial charge >= 0.3 is 6.09 Å². The Labute approximate surface area is 65.2 Å². The Morgan fingerprint density at radius 2 is 2.27 bits per heavy atom. The SMILES string of the molecule is O=C(O)N1CCCC12CNC2. The molecule has 0 aromatic rings. The molecule has 0 aromatic carbocycles. The Kier molecular flexibility index (Phi) is 1.32. The second-order valence-corrected chi connectivity index (χ2v) is 3.37. The fourth-order valence-corrected chi connectivity index (χ4v) is 2.02. The zero-order valence-corrected chi connectivity index (χ0v) is 6.34. The fourth-order valence-electron chi connectivity index (χ4n) is 2.02. The van der Waals surface area contributed by atoms with Gasteiger partial charge in [0.25, 0.3) is 0 Å². The number of nitrogens with zero attached hydrogens (tertiary/aromatic N) is 1. The van der Waals surface area contributed by atoms with Gasteiger partial charge in [0.05, 0.1) is 5.54 Å². The zero-order valence-electron chi connectivity index (χ0n) is 6.34. The van der Waals surface area contributed by atoms with E-state index in [-0.39, 0.29) is 5.54 Å². The highest BCUT2D eigenvalue weighted by Gasteiger charge is 2.48. The summed E-state index contributed by atoms with van der Waals surface area (Å²) in [7, 11) is 0. The average Bonchev–Trinajstić information content (AvgIpc) is 2.27. The zero-order chi connectivity index (χ0) is 7.90. The van der Waals surface area contributed by atoms with Crippen LogP contribution in [0.5, 0.6) is 0 Å². The Bertz CT molecular complexity index is 189. The maximum atomic E-state index is 10.7. The first-order valence-corrected chi connectivity index (χ1v) is 3.96. The van der Waals surface area contributed by atoms with Crippen molar-refractivity contribution in [2.75, 3.05) is 19.6 Å². The Balaban J connectivity index is 2.13. The molecule has 2 N–H and O–H groups in total. The van der Waals surface area contributed by atoms with E-state index in [0.717, 1.165) is 32.5 Å². The molecular formula is C7H12N2O2. The van der Waals surface area contributed by atoms with E-state index in [1.54, 1.807) is 4.90 Å². The number of amides is 1. The van der Waals surface area contributed by atoms with E-state index >= 15 is 0 Å². The molecule has 0 saturated carbocycles. The summed E-state index contributed by atoms with van der Waals surface area (Å²) in [5, 5.41) is 11.9. The molecule has 0 atom stereocenters. The number of carboxylic acid groups (broad SMARTS) is 1. The van der Waals surface area contributed by atoms with Crippen LogP contribution in [0.25, 0.3) is 0 Å². The van der Waals surface area contributed by atoms with Crippen LogP contribution in [0, 0.1) is 0 Å². The first kappa shape index (κ1) is 6.91. The lowest BCUT2D eigenvalue weighted by molar-refractivity contribution is 0.0703. The molecule has 62 valence electrons. The summed E-state index contributed by atoms with van der Waals surface area (Å²) in [5.74, 6) is 0. The van der Waals surface area contributed by atoms with E-state index in [2.05, 4.69) is 5.32 Å². The van der Waals surface area contributed by atoms with Crippen LogP contribution in [0.1, 0.15) is 12.8 Å². The standard InChI is InChI=1S/C7H12N2O2/c10-6(11)9-3-1-2-7(9)4-8-5-7/h8H,1-5H2,(H,10,11). The molecule has 2 heterocycles. The van der Waals surface area contributed by atoms with Crippen molar-refractivity contribution in [3.63, 3.8) is 0 Å².